The summed E-state index contributed by atoms with van der Waals surface area (Å²) >= 11 is 0. The Kier molecular flexibility index (Phi) is 4.26. The molecule has 3 nitrogen and oxygen atoms in total. The molecule has 0 aliphatic carbocycles. The van der Waals surface area contributed by atoms with Crippen molar-refractivity contribution in [2.45, 2.75) is 32.2 Å². The van der Waals surface area contributed by atoms with E-state index in [1.807, 2.05) is 12.1 Å². The van der Waals surface area contributed by atoms with Crippen LogP contribution in [0.2, 0.25) is 0 Å². The number of rotatable bonds is 4. The van der Waals surface area contributed by atoms with Crippen LogP contribution in [-0.2, 0) is 5.11 Å². The average molecular weight is 233 g/mol. The highest BCUT2D eigenvalue weighted by atomic mass is 16.3. The van der Waals surface area contributed by atoms with Crippen LogP contribution in [0, 0.1) is 0 Å². The summed E-state index contributed by atoms with van der Waals surface area (Å²) in [5, 5.41) is 14.6. The molecular formula is C14H21N2O. The molecule has 1 radical (unpaired) electrons. The van der Waals surface area contributed by atoms with Gasteiger partial charge in [0, 0.05) is 24.8 Å². The Bertz CT molecular complexity index is 329. The van der Waals surface area contributed by atoms with Crippen molar-refractivity contribution in [2.24, 2.45) is 0 Å². The van der Waals surface area contributed by atoms with Gasteiger partial charge in [0.1, 0.15) is 0 Å². The Morgan fingerprint density at radius 1 is 1.24 bits per heavy atom. The molecule has 0 saturated carbocycles. The minimum atomic E-state index is 0.0910. The molecule has 2 rings (SSSR count). The molecule has 3 heteroatoms. The van der Waals surface area contributed by atoms with Gasteiger partial charge in [-0.05, 0) is 50.1 Å². The Labute approximate surface area is 103 Å². The molecule has 0 aromatic heterocycles. The summed E-state index contributed by atoms with van der Waals surface area (Å²) in [7, 11) is 0. The number of hydrogen-bond acceptors (Lipinski definition) is 2. The van der Waals surface area contributed by atoms with Crippen molar-refractivity contribution < 1.29 is 5.11 Å². The van der Waals surface area contributed by atoms with Gasteiger partial charge in [-0.3, -0.25) is 5.11 Å². The molecule has 0 amide bonds. The molecule has 1 heterocycles. The Balaban J connectivity index is 1.84. The maximum atomic E-state index is 11.0. The van der Waals surface area contributed by atoms with E-state index in [-0.39, 0.29) is 5.75 Å². The van der Waals surface area contributed by atoms with Gasteiger partial charge in [-0.15, -0.1) is 0 Å². The number of anilines is 1. The Morgan fingerprint density at radius 2 is 1.88 bits per heavy atom. The number of nitrogens with one attached hydrogen (secondary N) is 1. The van der Waals surface area contributed by atoms with Gasteiger partial charge in [0.05, 0.1) is 0 Å². The molecule has 1 saturated heterocycles. The third-order valence-electron chi connectivity index (χ3n) is 3.38. The van der Waals surface area contributed by atoms with Crippen molar-refractivity contribution in [2.75, 3.05) is 24.5 Å². The molecule has 1 aliphatic rings. The van der Waals surface area contributed by atoms with Crippen molar-refractivity contribution in [3.05, 3.63) is 24.3 Å². The van der Waals surface area contributed by atoms with Crippen molar-refractivity contribution in [3.63, 3.8) is 0 Å². The molecule has 0 spiro atoms. The van der Waals surface area contributed by atoms with E-state index in [1.165, 1.54) is 24.9 Å². The first-order valence-corrected chi connectivity index (χ1v) is 6.55. The fourth-order valence-corrected chi connectivity index (χ4v) is 2.35. The van der Waals surface area contributed by atoms with Gasteiger partial charge in [0.15, 0.2) is 5.75 Å². The third kappa shape index (κ3) is 3.37. The minimum absolute atomic E-state index is 0.0910. The number of piperidine rings is 1. The highest BCUT2D eigenvalue weighted by molar-refractivity contribution is 5.49. The quantitative estimate of drug-likeness (QED) is 0.868. The Hall–Kier alpha value is -1.22. The van der Waals surface area contributed by atoms with Crippen LogP contribution >= 0.6 is 0 Å². The summed E-state index contributed by atoms with van der Waals surface area (Å²) in [5.41, 5.74) is 1.18. The number of benzene rings is 1. The van der Waals surface area contributed by atoms with E-state index < -0.39 is 0 Å². The van der Waals surface area contributed by atoms with Crippen LogP contribution in [0.5, 0.6) is 5.75 Å². The molecule has 1 N–H and O–H groups in total. The van der Waals surface area contributed by atoms with E-state index in [0.29, 0.717) is 6.04 Å². The minimum Gasteiger partial charge on any atom is -0.371 e. The van der Waals surface area contributed by atoms with Crippen LogP contribution in [0.1, 0.15) is 26.2 Å². The van der Waals surface area contributed by atoms with Crippen LogP contribution in [0.4, 0.5) is 5.69 Å². The molecule has 0 bridgehead atoms. The summed E-state index contributed by atoms with van der Waals surface area (Å²) in [5.74, 6) is 0.0910. The number of hydrogen-bond donors (Lipinski definition) is 1. The summed E-state index contributed by atoms with van der Waals surface area (Å²) < 4.78 is 0. The Morgan fingerprint density at radius 3 is 2.47 bits per heavy atom. The zero-order valence-corrected chi connectivity index (χ0v) is 10.5. The summed E-state index contributed by atoms with van der Waals surface area (Å²) in [6.07, 6.45) is 3.59. The van der Waals surface area contributed by atoms with Crippen molar-refractivity contribution >= 4 is 5.69 Å². The lowest BCUT2D eigenvalue weighted by Gasteiger charge is -2.34. The van der Waals surface area contributed by atoms with Crippen molar-refractivity contribution in [1.82, 2.24) is 5.32 Å². The molecule has 0 atom stereocenters. The lowest BCUT2D eigenvalue weighted by atomic mass is 10.0. The molecular weight excluding hydrogens is 212 g/mol. The van der Waals surface area contributed by atoms with E-state index >= 15 is 0 Å². The van der Waals surface area contributed by atoms with Gasteiger partial charge in [0.2, 0.25) is 0 Å². The largest absolute Gasteiger partial charge is 0.371 e. The van der Waals surface area contributed by atoms with Gasteiger partial charge in [-0.25, -0.2) is 0 Å². The van der Waals surface area contributed by atoms with Crippen LogP contribution < -0.4 is 10.2 Å². The van der Waals surface area contributed by atoms with Crippen LogP contribution in [0.3, 0.4) is 0 Å². The van der Waals surface area contributed by atoms with Gasteiger partial charge in [-0.2, -0.15) is 0 Å². The topological polar surface area (TPSA) is 35.2 Å². The maximum Gasteiger partial charge on any atom is 0.178 e. The first-order chi connectivity index (χ1) is 8.29. The fraction of sp³-hybridized carbons (Fsp3) is 0.571. The maximum absolute atomic E-state index is 11.0. The third-order valence-corrected chi connectivity index (χ3v) is 3.38. The molecule has 93 valence electrons. The molecule has 0 unspecified atom stereocenters. The van der Waals surface area contributed by atoms with Crippen molar-refractivity contribution in [1.29, 1.82) is 0 Å². The molecule has 1 aromatic rings. The summed E-state index contributed by atoms with van der Waals surface area (Å²) in [6, 6.07) is 7.84. The first-order valence-electron chi connectivity index (χ1n) is 6.55. The second-order valence-electron chi connectivity index (χ2n) is 4.71. The van der Waals surface area contributed by atoms with E-state index in [0.717, 1.165) is 19.6 Å². The fourth-order valence-electron chi connectivity index (χ4n) is 2.35. The molecule has 1 aliphatic heterocycles. The summed E-state index contributed by atoms with van der Waals surface area (Å²) in [6.45, 7) is 5.49. The van der Waals surface area contributed by atoms with Crippen molar-refractivity contribution in [3.8, 4) is 5.75 Å². The smallest absolute Gasteiger partial charge is 0.178 e. The predicted molar refractivity (Wildman–Crippen MR) is 70.1 cm³/mol. The van der Waals surface area contributed by atoms with E-state index in [9.17, 15) is 5.11 Å². The zero-order chi connectivity index (χ0) is 12.1. The highest BCUT2D eigenvalue weighted by Gasteiger charge is 2.18. The lowest BCUT2D eigenvalue weighted by molar-refractivity contribution is 0.355. The van der Waals surface area contributed by atoms with Crippen LogP contribution in [0.15, 0.2) is 24.3 Å². The normalized spacial score (nSPS) is 17.4. The second kappa shape index (κ2) is 5.92. The van der Waals surface area contributed by atoms with Crippen LogP contribution in [-0.4, -0.2) is 25.7 Å². The monoisotopic (exact) mass is 233 g/mol. The van der Waals surface area contributed by atoms with E-state index in [2.05, 4.69) is 17.1 Å². The zero-order valence-electron chi connectivity index (χ0n) is 10.5. The van der Waals surface area contributed by atoms with Crippen LogP contribution in [0.25, 0.3) is 0 Å². The van der Waals surface area contributed by atoms with Gasteiger partial charge >= 0.3 is 0 Å². The molecule has 1 fully saturated rings. The summed E-state index contributed by atoms with van der Waals surface area (Å²) in [4.78, 5) is 2.36. The van der Waals surface area contributed by atoms with Gasteiger partial charge < -0.3 is 10.2 Å². The van der Waals surface area contributed by atoms with E-state index in [1.54, 1.807) is 12.1 Å². The predicted octanol–water partition coefficient (Wildman–Crippen LogP) is 2.80. The molecule has 1 aromatic carbocycles. The number of nitrogens with zero attached hydrogens (tertiary/aromatic N) is 1. The lowest BCUT2D eigenvalue weighted by Crippen LogP contribution is -2.42. The van der Waals surface area contributed by atoms with E-state index in [4.69, 9.17) is 0 Å². The average Bonchev–Trinajstić information content (AvgIpc) is 2.38. The standard InChI is InChI=1S/C14H21N2O/c1-2-9-15-12-7-10-16(11-8-12)13-3-5-14(17)6-4-13/h3-6,12,15H,2,7-11H2,1H3. The SMILES string of the molecule is CCCNC1CCN(c2ccc([O])cc2)CC1. The second-order valence-corrected chi connectivity index (χ2v) is 4.71. The first kappa shape index (κ1) is 12.2. The van der Waals surface area contributed by atoms with Gasteiger partial charge in [-0.1, -0.05) is 6.92 Å². The van der Waals surface area contributed by atoms with Gasteiger partial charge in [0.25, 0.3) is 0 Å². The highest BCUT2D eigenvalue weighted by Crippen LogP contribution is 2.22. The molecule has 17 heavy (non-hydrogen) atoms.